The molecule has 3 aromatic carbocycles. The Labute approximate surface area is 339 Å². The molecule has 0 spiro atoms. The SMILES string of the molecule is NC(N)=NCCC[C@@H](NC(=O)[C@@H](Cc1ccccc1)NC(=O)[C@H](Cc1cnc[nH]1)NC(=O)CNC(=O)c1ccccc1)C(=O)N[C@@H](Cc1c[nH]c2ccccc12)C(=O)O. The number of carbonyl (C=O) groups excluding carboxylic acids is 5. The molecule has 0 radical (unpaired) electrons. The van der Waals surface area contributed by atoms with Gasteiger partial charge in [-0.05, 0) is 42.2 Å². The van der Waals surface area contributed by atoms with E-state index >= 15 is 0 Å². The third-order valence-corrected chi connectivity index (χ3v) is 9.28. The number of nitrogens with zero attached hydrogens (tertiary/aromatic N) is 2. The molecule has 2 heterocycles. The first kappa shape index (κ1) is 42.6. The van der Waals surface area contributed by atoms with Gasteiger partial charge in [0, 0.05) is 60.4 Å². The van der Waals surface area contributed by atoms with Crippen LogP contribution in [0.25, 0.3) is 10.9 Å². The number of amides is 5. The summed E-state index contributed by atoms with van der Waals surface area (Å²) in [7, 11) is 0. The molecule has 2 aromatic heterocycles. The monoisotopic (exact) mass is 805 g/mol. The van der Waals surface area contributed by atoms with Crippen molar-refractivity contribution in [3.8, 4) is 0 Å². The Kier molecular flexibility index (Phi) is 15.3. The second-order valence-electron chi connectivity index (χ2n) is 13.7. The average molecular weight is 806 g/mol. The minimum Gasteiger partial charge on any atom is -0.480 e. The fourth-order valence-corrected chi connectivity index (χ4v) is 6.29. The molecule has 18 heteroatoms. The van der Waals surface area contributed by atoms with Crippen molar-refractivity contribution in [2.45, 2.75) is 56.3 Å². The first-order valence-electron chi connectivity index (χ1n) is 18.8. The summed E-state index contributed by atoms with van der Waals surface area (Å²) in [5.74, 6) is -4.88. The van der Waals surface area contributed by atoms with E-state index in [1.165, 1.54) is 12.5 Å². The summed E-state index contributed by atoms with van der Waals surface area (Å²) in [6, 6.07) is 19.3. The van der Waals surface area contributed by atoms with Gasteiger partial charge >= 0.3 is 5.97 Å². The highest BCUT2D eigenvalue weighted by Crippen LogP contribution is 2.19. The number of hydrogen-bond acceptors (Lipinski definition) is 8. The first-order valence-corrected chi connectivity index (χ1v) is 18.8. The predicted molar refractivity (Wildman–Crippen MR) is 218 cm³/mol. The number of aromatic nitrogens is 3. The van der Waals surface area contributed by atoms with Gasteiger partial charge in [0.1, 0.15) is 24.2 Å². The molecule has 0 aliphatic carbocycles. The van der Waals surface area contributed by atoms with Crippen LogP contribution < -0.4 is 38.1 Å². The van der Waals surface area contributed by atoms with Gasteiger partial charge in [-0.15, -0.1) is 0 Å². The second kappa shape index (κ2) is 21.1. The zero-order valence-corrected chi connectivity index (χ0v) is 32.0. The standard InChI is InChI=1S/C41H47N11O7/c42-41(43)45-17-9-16-31(37(55)52-34(40(58)59)19-27-21-46-30-15-8-7-14-29(27)30)50-38(56)32(18-25-10-3-1-4-11-25)51-39(57)33(20-28-22-44-24-48-28)49-35(53)23-47-36(54)26-12-5-2-6-13-26/h1-8,10-15,21-22,24,31-34,46H,9,16-20,23H2,(H,44,48)(H,47,54)(H,49,53)(H,50,56)(H,51,57)(H,52,55)(H,58,59)(H4,42,43,45)/t31-,32-,33+,34+/m1/s1. The van der Waals surface area contributed by atoms with Crippen LogP contribution in [-0.4, -0.2) is 98.8 Å². The van der Waals surface area contributed by atoms with Crippen molar-refractivity contribution in [2.24, 2.45) is 16.5 Å². The summed E-state index contributed by atoms with van der Waals surface area (Å²) in [6.45, 7) is -0.326. The van der Waals surface area contributed by atoms with E-state index in [0.717, 1.165) is 10.9 Å². The molecular formula is C41H47N11O7. The van der Waals surface area contributed by atoms with Gasteiger partial charge in [0.15, 0.2) is 5.96 Å². The number of fused-ring (bicyclic) bond motifs is 1. The molecule has 59 heavy (non-hydrogen) atoms. The van der Waals surface area contributed by atoms with E-state index in [1.807, 2.05) is 24.3 Å². The van der Waals surface area contributed by atoms with E-state index in [-0.39, 0.29) is 44.6 Å². The number of carboxylic acids is 1. The van der Waals surface area contributed by atoms with E-state index in [2.05, 4.69) is 46.5 Å². The number of carboxylic acid groups (broad SMARTS) is 1. The molecule has 4 atom stereocenters. The van der Waals surface area contributed by atoms with Crippen molar-refractivity contribution < 1.29 is 33.9 Å². The Bertz CT molecular complexity index is 2220. The van der Waals surface area contributed by atoms with Crippen molar-refractivity contribution in [1.29, 1.82) is 0 Å². The predicted octanol–water partition coefficient (Wildman–Crippen LogP) is 0.426. The van der Waals surface area contributed by atoms with Crippen molar-refractivity contribution in [2.75, 3.05) is 13.1 Å². The Hall–Kier alpha value is -7.50. The van der Waals surface area contributed by atoms with Crippen LogP contribution in [0.15, 0.2) is 109 Å². The Morgan fingerprint density at radius 2 is 1.34 bits per heavy atom. The Morgan fingerprint density at radius 1 is 0.712 bits per heavy atom. The normalized spacial score (nSPS) is 12.9. The average Bonchev–Trinajstić information content (AvgIpc) is 3.91. The smallest absolute Gasteiger partial charge is 0.326 e. The fraction of sp³-hybridized carbons (Fsp3) is 0.268. The molecule has 5 amide bonds. The summed E-state index contributed by atoms with van der Waals surface area (Å²) in [4.78, 5) is 94.1. The lowest BCUT2D eigenvalue weighted by Gasteiger charge is -2.26. The maximum absolute atomic E-state index is 14.2. The molecule has 308 valence electrons. The van der Waals surface area contributed by atoms with E-state index in [4.69, 9.17) is 11.5 Å². The van der Waals surface area contributed by atoms with Gasteiger partial charge in [0.05, 0.1) is 12.9 Å². The molecule has 0 unspecified atom stereocenters. The number of rotatable bonds is 21. The lowest BCUT2D eigenvalue weighted by molar-refractivity contribution is -0.142. The van der Waals surface area contributed by atoms with Crippen LogP contribution in [0.3, 0.4) is 0 Å². The zero-order valence-electron chi connectivity index (χ0n) is 32.0. The topological polar surface area (TPSA) is 292 Å². The molecule has 18 nitrogen and oxygen atoms in total. The molecule has 0 saturated heterocycles. The van der Waals surface area contributed by atoms with Gasteiger partial charge in [0.25, 0.3) is 5.91 Å². The van der Waals surface area contributed by atoms with Crippen LogP contribution in [-0.2, 0) is 43.2 Å². The Balaban J connectivity index is 1.34. The minimum absolute atomic E-state index is 0.00693. The number of guanidine groups is 1. The number of carbonyl (C=O) groups is 6. The number of imidazole rings is 1. The lowest BCUT2D eigenvalue weighted by atomic mass is 10.0. The van der Waals surface area contributed by atoms with Crippen LogP contribution in [0.4, 0.5) is 0 Å². The van der Waals surface area contributed by atoms with Gasteiger partial charge in [-0.1, -0.05) is 66.7 Å². The third kappa shape index (κ3) is 13.0. The third-order valence-electron chi connectivity index (χ3n) is 9.28. The fourth-order valence-electron chi connectivity index (χ4n) is 6.29. The molecule has 5 rings (SSSR count). The number of nitrogens with two attached hydrogens (primary N) is 2. The van der Waals surface area contributed by atoms with Crippen molar-refractivity contribution in [3.63, 3.8) is 0 Å². The summed E-state index contributed by atoms with van der Waals surface area (Å²) < 4.78 is 0. The minimum atomic E-state index is -1.36. The number of aromatic amines is 2. The molecule has 0 aliphatic heterocycles. The summed E-state index contributed by atoms with van der Waals surface area (Å²) in [5, 5.41) is 24.1. The van der Waals surface area contributed by atoms with Crippen LogP contribution in [0.5, 0.6) is 0 Å². The van der Waals surface area contributed by atoms with Gasteiger partial charge in [-0.25, -0.2) is 9.78 Å². The maximum Gasteiger partial charge on any atom is 0.326 e. The van der Waals surface area contributed by atoms with Gasteiger partial charge < -0.3 is 53.1 Å². The highest BCUT2D eigenvalue weighted by Gasteiger charge is 2.32. The van der Waals surface area contributed by atoms with Gasteiger partial charge in [0.2, 0.25) is 23.6 Å². The van der Waals surface area contributed by atoms with Crippen LogP contribution >= 0.6 is 0 Å². The number of hydrogen-bond donors (Lipinski definition) is 10. The maximum atomic E-state index is 14.2. The molecule has 12 N–H and O–H groups in total. The molecule has 0 bridgehead atoms. The number of aliphatic imine (C=N–C) groups is 1. The highest BCUT2D eigenvalue weighted by atomic mass is 16.4. The van der Waals surface area contributed by atoms with E-state index in [1.54, 1.807) is 66.9 Å². The van der Waals surface area contributed by atoms with Crippen LogP contribution in [0, 0.1) is 0 Å². The van der Waals surface area contributed by atoms with Crippen LogP contribution in [0.1, 0.15) is 40.0 Å². The van der Waals surface area contributed by atoms with E-state index < -0.39 is 66.2 Å². The Morgan fingerprint density at radius 3 is 2.02 bits per heavy atom. The van der Waals surface area contributed by atoms with Gasteiger partial charge in [-0.3, -0.25) is 29.0 Å². The lowest BCUT2D eigenvalue weighted by Crippen LogP contribution is -2.59. The first-order chi connectivity index (χ1) is 28.5. The van der Waals surface area contributed by atoms with Crippen molar-refractivity contribution in [1.82, 2.24) is 41.5 Å². The van der Waals surface area contributed by atoms with E-state index in [9.17, 15) is 33.9 Å². The second-order valence-corrected chi connectivity index (χ2v) is 13.7. The molecule has 0 aliphatic rings. The summed E-state index contributed by atoms with van der Waals surface area (Å²) >= 11 is 0. The molecule has 0 saturated carbocycles. The summed E-state index contributed by atoms with van der Waals surface area (Å²) in [5.41, 5.74) is 14.0. The molecule has 5 aromatic rings. The summed E-state index contributed by atoms with van der Waals surface area (Å²) in [6.07, 6.45) is 4.69. The quantitative estimate of drug-likeness (QED) is 0.0277. The number of nitrogens with one attached hydrogen (secondary N) is 7. The van der Waals surface area contributed by atoms with Crippen molar-refractivity contribution >= 4 is 52.4 Å². The van der Waals surface area contributed by atoms with Gasteiger partial charge in [-0.2, -0.15) is 0 Å². The van der Waals surface area contributed by atoms with E-state index in [0.29, 0.717) is 22.4 Å². The molecular weight excluding hydrogens is 759 g/mol. The number of aliphatic carboxylic acids is 1. The number of benzene rings is 3. The largest absolute Gasteiger partial charge is 0.480 e. The van der Waals surface area contributed by atoms with Crippen molar-refractivity contribution in [3.05, 3.63) is 126 Å². The molecule has 0 fully saturated rings. The van der Waals surface area contributed by atoms with Crippen LogP contribution in [0.2, 0.25) is 0 Å². The number of para-hydroxylation sites is 1. The number of H-pyrrole nitrogens is 2. The zero-order chi connectivity index (χ0) is 42.1. The highest BCUT2D eigenvalue weighted by molar-refractivity contribution is 5.98.